The minimum atomic E-state index is -0.229. The monoisotopic (exact) mass is 388 g/mol. The Balaban J connectivity index is 1.72. The first-order valence-corrected chi connectivity index (χ1v) is 9.35. The molecule has 0 heterocycles. The molecule has 0 atom stereocenters. The summed E-state index contributed by atoms with van der Waals surface area (Å²) in [6.45, 7) is 6.47. The second kappa shape index (κ2) is 8.23. The van der Waals surface area contributed by atoms with Crippen LogP contribution in [0.15, 0.2) is 72.8 Å². The molecule has 0 unspecified atom stereocenters. The topological polar surface area (TPSA) is 66.8 Å². The van der Waals surface area contributed by atoms with E-state index >= 15 is 0 Å². The Morgan fingerprint density at radius 3 is 2.24 bits per heavy atom. The second-order valence-electron chi connectivity index (χ2n) is 7.85. The van der Waals surface area contributed by atoms with Crippen molar-refractivity contribution in [2.24, 2.45) is 0 Å². The van der Waals surface area contributed by atoms with Crippen LogP contribution in [-0.4, -0.2) is 16.0 Å². The summed E-state index contributed by atoms with van der Waals surface area (Å²) < 4.78 is 5.89. The summed E-state index contributed by atoms with van der Waals surface area (Å²) in [5, 5.41) is 18.9. The Bertz CT molecular complexity index is 1040. The number of hydrogen-bond donors (Lipinski definition) is 2. The minimum Gasteiger partial charge on any atom is -0.504 e. The van der Waals surface area contributed by atoms with E-state index in [0.717, 1.165) is 0 Å². The van der Waals surface area contributed by atoms with E-state index in [9.17, 15) is 15.0 Å². The van der Waals surface area contributed by atoms with Crippen molar-refractivity contribution in [2.45, 2.75) is 26.2 Å². The third-order valence-corrected chi connectivity index (χ3v) is 4.50. The standard InChI is InChI=1S/C25H24O4/c1-25(2,3)19-9-11-20(12-10-19)29-21-6-4-5-18(16-21)22(26)13-7-17-8-14-23(27)24(28)15-17/h4-16,27-28H,1-3H3/b13-7+. The van der Waals surface area contributed by atoms with E-state index in [0.29, 0.717) is 22.6 Å². The molecule has 3 aromatic carbocycles. The number of benzene rings is 3. The fourth-order valence-corrected chi connectivity index (χ4v) is 2.78. The van der Waals surface area contributed by atoms with Crippen LogP contribution < -0.4 is 4.74 Å². The van der Waals surface area contributed by atoms with Crippen molar-refractivity contribution in [1.82, 2.24) is 0 Å². The first kappa shape index (κ1) is 20.2. The summed E-state index contributed by atoms with van der Waals surface area (Å²) in [4.78, 5) is 12.5. The number of carbonyl (C=O) groups excluding carboxylic acids is 1. The van der Waals surface area contributed by atoms with E-state index in [1.807, 2.05) is 24.3 Å². The fourth-order valence-electron chi connectivity index (χ4n) is 2.78. The molecule has 2 N–H and O–H groups in total. The van der Waals surface area contributed by atoms with E-state index in [1.54, 1.807) is 36.4 Å². The summed E-state index contributed by atoms with van der Waals surface area (Å²) in [6, 6.07) is 19.3. The summed E-state index contributed by atoms with van der Waals surface area (Å²) in [6.07, 6.45) is 3.00. The molecule has 0 amide bonds. The van der Waals surface area contributed by atoms with Gasteiger partial charge in [0.05, 0.1) is 0 Å². The SMILES string of the molecule is CC(C)(C)c1ccc(Oc2cccc(C(=O)/C=C/c3ccc(O)c(O)c3)c2)cc1. The quantitative estimate of drug-likeness (QED) is 0.316. The van der Waals surface area contributed by atoms with Gasteiger partial charge in [0.1, 0.15) is 11.5 Å². The van der Waals surface area contributed by atoms with Crippen molar-refractivity contribution in [3.8, 4) is 23.0 Å². The largest absolute Gasteiger partial charge is 0.504 e. The lowest BCUT2D eigenvalue weighted by Crippen LogP contribution is -2.10. The van der Waals surface area contributed by atoms with Crippen molar-refractivity contribution < 1.29 is 19.7 Å². The average molecular weight is 388 g/mol. The van der Waals surface area contributed by atoms with Gasteiger partial charge in [-0.05, 0) is 59.0 Å². The van der Waals surface area contributed by atoms with Crippen LogP contribution in [0.1, 0.15) is 42.3 Å². The van der Waals surface area contributed by atoms with E-state index < -0.39 is 0 Å². The lowest BCUT2D eigenvalue weighted by atomic mass is 9.87. The van der Waals surface area contributed by atoms with Crippen molar-refractivity contribution in [3.63, 3.8) is 0 Å². The highest BCUT2D eigenvalue weighted by molar-refractivity contribution is 6.07. The number of phenolic OH excluding ortho intramolecular Hbond substituents is 2. The maximum Gasteiger partial charge on any atom is 0.185 e. The minimum absolute atomic E-state index is 0.0749. The zero-order chi connectivity index (χ0) is 21.0. The number of ether oxygens (including phenoxy) is 1. The summed E-state index contributed by atoms with van der Waals surface area (Å²) in [5.74, 6) is 0.667. The van der Waals surface area contributed by atoms with Gasteiger partial charge in [-0.25, -0.2) is 0 Å². The van der Waals surface area contributed by atoms with Crippen LogP contribution >= 0.6 is 0 Å². The number of ketones is 1. The molecule has 0 aliphatic heterocycles. The highest BCUT2D eigenvalue weighted by atomic mass is 16.5. The predicted molar refractivity (Wildman–Crippen MR) is 115 cm³/mol. The highest BCUT2D eigenvalue weighted by Crippen LogP contribution is 2.28. The molecule has 4 nitrogen and oxygen atoms in total. The van der Waals surface area contributed by atoms with Crippen LogP contribution in [0, 0.1) is 0 Å². The maximum atomic E-state index is 12.5. The zero-order valence-electron chi connectivity index (χ0n) is 16.7. The zero-order valence-corrected chi connectivity index (χ0v) is 16.7. The molecular weight excluding hydrogens is 364 g/mol. The van der Waals surface area contributed by atoms with Gasteiger partial charge in [0.25, 0.3) is 0 Å². The Kier molecular flexibility index (Phi) is 5.74. The number of allylic oxidation sites excluding steroid dienone is 1. The van der Waals surface area contributed by atoms with Crippen LogP contribution in [-0.2, 0) is 5.41 Å². The Morgan fingerprint density at radius 1 is 0.862 bits per heavy atom. The van der Waals surface area contributed by atoms with Crippen LogP contribution in [0.3, 0.4) is 0 Å². The number of aromatic hydroxyl groups is 2. The van der Waals surface area contributed by atoms with Crippen molar-refractivity contribution >= 4 is 11.9 Å². The van der Waals surface area contributed by atoms with Crippen LogP contribution in [0.25, 0.3) is 6.08 Å². The van der Waals surface area contributed by atoms with Gasteiger partial charge in [-0.2, -0.15) is 0 Å². The number of hydrogen-bond acceptors (Lipinski definition) is 4. The molecule has 4 heteroatoms. The van der Waals surface area contributed by atoms with Gasteiger partial charge < -0.3 is 14.9 Å². The van der Waals surface area contributed by atoms with Gasteiger partial charge in [-0.1, -0.05) is 57.2 Å². The van der Waals surface area contributed by atoms with Crippen molar-refractivity contribution in [1.29, 1.82) is 0 Å². The Labute approximate surface area is 170 Å². The molecule has 0 spiro atoms. The molecule has 0 saturated heterocycles. The summed E-state index contributed by atoms with van der Waals surface area (Å²) >= 11 is 0. The first-order valence-electron chi connectivity index (χ1n) is 9.35. The van der Waals surface area contributed by atoms with Crippen molar-refractivity contribution in [2.75, 3.05) is 0 Å². The third-order valence-electron chi connectivity index (χ3n) is 4.50. The maximum absolute atomic E-state index is 12.5. The summed E-state index contributed by atoms with van der Waals surface area (Å²) in [7, 11) is 0. The van der Waals surface area contributed by atoms with Crippen LogP contribution in [0.4, 0.5) is 0 Å². The predicted octanol–water partition coefficient (Wildman–Crippen LogP) is 6.08. The van der Waals surface area contributed by atoms with E-state index in [4.69, 9.17) is 4.74 Å². The van der Waals surface area contributed by atoms with Gasteiger partial charge in [-0.3, -0.25) is 4.79 Å². The van der Waals surface area contributed by atoms with Gasteiger partial charge >= 0.3 is 0 Å². The molecule has 29 heavy (non-hydrogen) atoms. The molecule has 0 fully saturated rings. The number of phenols is 2. The average Bonchev–Trinajstić information content (AvgIpc) is 2.68. The normalized spacial score (nSPS) is 11.6. The molecule has 3 rings (SSSR count). The molecule has 0 radical (unpaired) electrons. The Morgan fingerprint density at radius 2 is 1.59 bits per heavy atom. The first-order chi connectivity index (χ1) is 13.7. The Hall–Kier alpha value is -3.53. The van der Waals surface area contributed by atoms with Gasteiger partial charge in [0.15, 0.2) is 17.3 Å². The lowest BCUT2D eigenvalue weighted by Gasteiger charge is -2.19. The third kappa shape index (κ3) is 5.26. The van der Waals surface area contributed by atoms with Gasteiger partial charge in [0, 0.05) is 5.56 Å². The molecule has 148 valence electrons. The van der Waals surface area contributed by atoms with Gasteiger partial charge in [0.2, 0.25) is 0 Å². The lowest BCUT2D eigenvalue weighted by molar-refractivity contribution is 0.104. The molecule has 0 saturated carbocycles. The molecule has 0 aliphatic rings. The molecule has 0 bridgehead atoms. The van der Waals surface area contributed by atoms with E-state index in [-0.39, 0.29) is 22.7 Å². The summed E-state index contributed by atoms with van der Waals surface area (Å²) in [5.41, 5.74) is 2.40. The molecule has 0 aromatic heterocycles. The second-order valence-corrected chi connectivity index (χ2v) is 7.85. The highest BCUT2D eigenvalue weighted by Gasteiger charge is 2.13. The smallest absolute Gasteiger partial charge is 0.185 e. The van der Waals surface area contributed by atoms with E-state index in [2.05, 4.69) is 20.8 Å². The number of carbonyl (C=O) groups is 1. The van der Waals surface area contributed by atoms with E-state index in [1.165, 1.54) is 23.8 Å². The molecule has 3 aromatic rings. The van der Waals surface area contributed by atoms with Gasteiger partial charge in [-0.15, -0.1) is 0 Å². The number of rotatable bonds is 5. The van der Waals surface area contributed by atoms with Crippen molar-refractivity contribution in [3.05, 3.63) is 89.5 Å². The van der Waals surface area contributed by atoms with Crippen LogP contribution in [0.2, 0.25) is 0 Å². The fraction of sp³-hybridized carbons (Fsp3) is 0.160. The molecule has 0 aliphatic carbocycles. The van der Waals surface area contributed by atoms with Crippen LogP contribution in [0.5, 0.6) is 23.0 Å². The molecular formula is C25H24O4.